The van der Waals surface area contributed by atoms with E-state index >= 15 is 0 Å². The van der Waals surface area contributed by atoms with E-state index in [0.717, 1.165) is 17.1 Å². The molecule has 1 amide bonds. The van der Waals surface area contributed by atoms with Crippen LogP contribution >= 0.6 is 0 Å². The number of benzene rings is 1. The number of amides is 1. The lowest BCUT2D eigenvalue weighted by Crippen LogP contribution is -2.43. The maximum Gasteiger partial charge on any atom is 0.410 e. The number of carbonyl (C=O) groups is 1. The summed E-state index contributed by atoms with van der Waals surface area (Å²) in [4.78, 5) is 14.1. The van der Waals surface area contributed by atoms with Crippen LogP contribution in [-0.4, -0.2) is 36.9 Å². The highest BCUT2D eigenvalue weighted by molar-refractivity contribution is 5.68. The van der Waals surface area contributed by atoms with E-state index in [1.165, 1.54) is 12.8 Å². The second-order valence-corrected chi connectivity index (χ2v) is 6.71. The highest BCUT2D eigenvalue weighted by atomic mass is 16.6. The van der Waals surface area contributed by atoms with Gasteiger partial charge in [-0.15, -0.1) is 0 Å². The first-order valence-corrected chi connectivity index (χ1v) is 7.74. The maximum absolute atomic E-state index is 12.3. The molecule has 2 aliphatic rings. The van der Waals surface area contributed by atoms with Gasteiger partial charge in [0.05, 0.1) is 26.8 Å². The molecule has 0 spiro atoms. The maximum atomic E-state index is 12.3. The van der Waals surface area contributed by atoms with Crippen LogP contribution in [0.1, 0.15) is 32.3 Å². The summed E-state index contributed by atoms with van der Waals surface area (Å²) < 4.78 is 16.7. The Morgan fingerprint density at radius 3 is 2.86 bits per heavy atom. The smallest absolute Gasteiger partial charge is 0.410 e. The molecule has 1 heterocycles. The number of fused-ring (bicyclic) bond motifs is 1. The van der Waals surface area contributed by atoms with E-state index in [9.17, 15) is 4.79 Å². The van der Waals surface area contributed by atoms with E-state index in [-0.39, 0.29) is 6.09 Å². The fourth-order valence-electron chi connectivity index (χ4n) is 2.63. The Balaban J connectivity index is 1.78. The lowest BCUT2D eigenvalue weighted by molar-refractivity contribution is 0.0510. The zero-order valence-corrected chi connectivity index (χ0v) is 13.4. The minimum atomic E-state index is -0.476. The predicted molar refractivity (Wildman–Crippen MR) is 82.2 cm³/mol. The van der Waals surface area contributed by atoms with Crippen molar-refractivity contribution in [3.8, 4) is 11.5 Å². The summed E-state index contributed by atoms with van der Waals surface area (Å²) in [5, 5.41) is 0. The Hall–Kier alpha value is -1.91. The van der Waals surface area contributed by atoms with E-state index in [0.29, 0.717) is 25.6 Å². The lowest BCUT2D eigenvalue weighted by Gasteiger charge is -2.29. The Morgan fingerprint density at radius 1 is 1.41 bits per heavy atom. The molecule has 0 saturated heterocycles. The Bertz CT molecular complexity index is 566. The van der Waals surface area contributed by atoms with Crippen LogP contribution in [0.3, 0.4) is 0 Å². The van der Waals surface area contributed by atoms with Crippen LogP contribution in [0.15, 0.2) is 18.2 Å². The van der Waals surface area contributed by atoms with E-state index in [4.69, 9.17) is 14.2 Å². The number of carbonyl (C=O) groups excluding carboxylic acids is 1. The standard InChI is InChI=1S/C17H23NO4/c1-17(2)11-18(16(19)21-10-12-4-5-12)9-13-6-7-14(20-3)8-15(13)22-17/h6-8,12H,4-5,9-11H2,1-3H3. The highest BCUT2D eigenvalue weighted by Crippen LogP contribution is 2.33. The molecule has 1 saturated carbocycles. The molecule has 5 nitrogen and oxygen atoms in total. The average Bonchev–Trinajstić information content (AvgIpc) is 3.29. The van der Waals surface area contributed by atoms with Crippen molar-refractivity contribution in [1.29, 1.82) is 0 Å². The van der Waals surface area contributed by atoms with Crippen LogP contribution in [0.4, 0.5) is 4.79 Å². The summed E-state index contributed by atoms with van der Waals surface area (Å²) in [6.07, 6.45) is 2.09. The number of hydrogen-bond donors (Lipinski definition) is 0. The fourth-order valence-corrected chi connectivity index (χ4v) is 2.63. The molecule has 22 heavy (non-hydrogen) atoms. The van der Waals surface area contributed by atoms with Crippen molar-refractivity contribution in [3.05, 3.63) is 23.8 Å². The second kappa shape index (κ2) is 5.71. The summed E-state index contributed by atoms with van der Waals surface area (Å²) in [7, 11) is 1.63. The molecule has 1 fully saturated rings. The topological polar surface area (TPSA) is 48.0 Å². The van der Waals surface area contributed by atoms with Gasteiger partial charge in [-0.3, -0.25) is 4.90 Å². The SMILES string of the molecule is COc1ccc2c(c1)OC(C)(C)CN(C(=O)OCC1CC1)C2. The van der Waals surface area contributed by atoms with Crippen molar-refractivity contribution >= 4 is 6.09 Å². The molecule has 3 rings (SSSR count). The van der Waals surface area contributed by atoms with Crippen LogP contribution in [0.5, 0.6) is 11.5 Å². The van der Waals surface area contributed by atoms with Crippen LogP contribution in [0, 0.1) is 5.92 Å². The van der Waals surface area contributed by atoms with Crippen molar-refractivity contribution < 1.29 is 19.0 Å². The molecule has 0 radical (unpaired) electrons. The molecule has 5 heteroatoms. The lowest BCUT2D eigenvalue weighted by atomic mass is 10.1. The van der Waals surface area contributed by atoms with Crippen LogP contribution < -0.4 is 9.47 Å². The number of ether oxygens (including phenoxy) is 3. The van der Waals surface area contributed by atoms with Gasteiger partial charge in [-0.2, -0.15) is 0 Å². The summed E-state index contributed by atoms with van der Waals surface area (Å²) in [5.41, 5.74) is 0.491. The first kappa shape index (κ1) is 15.0. The molecule has 120 valence electrons. The third-order valence-electron chi connectivity index (χ3n) is 3.99. The zero-order chi connectivity index (χ0) is 15.7. The van der Waals surface area contributed by atoms with Gasteiger partial charge in [0.1, 0.15) is 17.1 Å². The van der Waals surface area contributed by atoms with Crippen molar-refractivity contribution in [3.63, 3.8) is 0 Å². The summed E-state index contributed by atoms with van der Waals surface area (Å²) in [6.45, 7) is 5.47. The van der Waals surface area contributed by atoms with Gasteiger partial charge in [-0.1, -0.05) is 0 Å². The average molecular weight is 305 g/mol. The Kier molecular flexibility index (Phi) is 3.89. The van der Waals surface area contributed by atoms with Gasteiger partial charge in [0.15, 0.2) is 0 Å². The monoisotopic (exact) mass is 305 g/mol. The summed E-state index contributed by atoms with van der Waals surface area (Å²) in [6, 6.07) is 5.70. The van der Waals surface area contributed by atoms with Gasteiger partial charge >= 0.3 is 6.09 Å². The van der Waals surface area contributed by atoms with E-state index in [2.05, 4.69) is 0 Å². The third kappa shape index (κ3) is 3.46. The number of nitrogens with zero attached hydrogens (tertiary/aromatic N) is 1. The van der Waals surface area contributed by atoms with Crippen molar-refractivity contribution in [2.24, 2.45) is 5.92 Å². The zero-order valence-electron chi connectivity index (χ0n) is 13.4. The van der Waals surface area contributed by atoms with Crippen molar-refractivity contribution in [2.45, 2.75) is 38.8 Å². The molecule has 0 unspecified atom stereocenters. The first-order valence-electron chi connectivity index (χ1n) is 7.74. The van der Waals surface area contributed by atoms with Gasteiger partial charge in [0.2, 0.25) is 0 Å². The molecule has 0 aromatic heterocycles. The summed E-state index contributed by atoms with van der Waals surface area (Å²) >= 11 is 0. The van der Waals surface area contributed by atoms with E-state index < -0.39 is 5.60 Å². The van der Waals surface area contributed by atoms with Crippen LogP contribution in [0.25, 0.3) is 0 Å². The number of rotatable bonds is 3. The highest BCUT2D eigenvalue weighted by Gasteiger charge is 2.33. The second-order valence-electron chi connectivity index (χ2n) is 6.71. The molecule has 1 aromatic rings. The van der Waals surface area contributed by atoms with Gasteiger partial charge < -0.3 is 14.2 Å². The third-order valence-corrected chi connectivity index (χ3v) is 3.99. The van der Waals surface area contributed by atoms with E-state index in [1.807, 2.05) is 32.0 Å². The summed E-state index contributed by atoms with van der Waals surface area (Å²) in [5.74, 6) is 2.08. The predicted octanol–water partition coefficient (Wildman–Crippen LogP) is 3.21. The first-order chi connectivity index (χ1) is 10.5. The molecular formula is C17H23NO4. The Labute approximate surface area is 131 Å². The van der Waals surface area contributed by atoms with Gasteiger partial charge in [-0.05, 0) is 44.7 Å². The quantitative estimate of drug-likeness (QED) is 0.860. The van der Waals surface area contributed by atoms with Crippen molar-refractivity contribution in [2.75, 3.05) is 20.3 Å². The minimum absolute atomic E-state index is 0.257. The minimum Gasteiger partial charge on any atom is -0.497 e. The number of methoxy groups -OCH3 is 1. The normalized spacial score (nSPS) is 19.7. The molecule has 1 aromatic carbocycles. The molecule has 0 N–H and O–H groups in total. The van der Waals surface area contributed by atoms with Crippen LogP contribution in [-0.2, 0) is 11.3 Å². The Morgan fingerprint density at radius 2 is 2.18 bits per heavy atom. The van der Waals surface area contributed by atoms with E-state index in [1.54, 1.807) is 12.0 Å². The molecule has 0 bridgehead atoms. The van der Waals surface area contributed by atoms with Crippen molar-refractivity contribution in [1.82, 2.24) is 4.90 Å². The molecular weight excluding hydrogens is 282 g/mol. The molecule has 1 aliphatic carbocycles. The fraction of sp³-hybridized carbons (Fsp3) is 0.588. The number of hydrogen-bond acceptors (Lipinski definition) is 4. The van der Waals surface area contributed by atoms with Gasteiger partial charge in [0.25, 0.3) is 0 Å². The molecule has 1 aliphatic heterocycles. The molecule has 0 atom stereocenters. The largest absolute Gasteiger partial charge is 0.497 e. The van der Waals surface area contributed by atoms with Gasteiger partial charge in [-0.25, -0.2) is 4.79 Å². The van der Waals surface area contributed by atoms with Gasteiger partial charge in [0, 0.05) is 11.6 Å². The van der Waals surface area contributed by atoms with Crippen LogP contribution in [0.2, 0.25) is 0 Å².